The molecule has 0 aliphatic heterocycles. The van der Waals surface area contributed by atoms with E-state index in [0.717, 1.165) is 21.0 Å². The number of carbonyl (C=O) groups is 2. The van der Waals surface area contributed by atoms with E-state index in [-0.39, 0.29) is 6.08 Å². The van der Waals surface area contributed by atoms with Gasteiger partial charge in [0.05, 0.1) is 12.7 Å². The first-order valence-corrected chi connectivity index (χ1v) is 4.39. The Kier molecular flexibility index (Phi) is 4.93. The number of hydrogen-bond acceptors (Lipinski definition) is 4. The molecule has 0 aliphatic rings. The number of hydrogen-bond donors (Lipinski definition) is 1. The average Bonchev–Trinajstić information content (AvgIpc) is 2.13. The van der Waals surface area contributed by atoms with Crippen LogP contribution in [-0.2, 0) is 14.3 Å². The molecule has 0 aromatic rings. The minimum absolute atomic E-state index is 0.228. The molecule has 0 fully saturated rings. The number of allylic oxidation sites excluding steroid dienone is 2. The largest absolute Gasteiger partial charge is 0.512 e. The van der Waals surface area contributed by atoms with Crippen LogP contribution >= 0.6 is 0 Å². The molecule has 0 saturated heterocycles. The van der Waals surface area contributed by atoms with Gasteiger partial charge in [-0.05, 0) is 19.9 Å². The second-order valence-corrected chi connectivity index (χ2v) is 3.12. The molecule has 17 heavy (non-hydrogen) atoms. The highest BCUT2D eigenvalue weighted by atomic mass is 19.4. The topological polar surface area (TPSA) is 63.6 Å². The van der Waals surface area contributed by atoms with Crippen LogP contribution in [0.15, 0.2) is 23.0 Å². The molecule has 0 aromatic heterocycles. The standard InChI is InChI=1S/C10H11F3O4/c1-5(14)4-7(10(11,12)13)8(6(2)15)9(16)17-3/h4,15H,1-3H3/b7-4+,8-6+. The number of ether oxygens (including phenoxy) is 1. The summed E-state index contributed by atoms with van der Waals surface area (Å²) in [7, 11) is 0.868. The lowest BCUT2D eigenvalue weighted by Gasteiger charge is -2.14. The maximum Gasteiger partial charge on any atom is 0.417 e. The molecule has 0 saturated carbocycles. The second-order valence-electron chi connectivity index (χ2n) is 3.12. The smallest absolute Gasteiger partial charge is 0.417 e. The number of carbonyl (C=O) groups excluding carboxylic acids is 2. The average molecular weight is 252 g/mol. The summed E-state index contributed by atoms with van der Waals surface area (Å²) >= 11 is 0. The van der Waals surface area contributed by atoms with E-state index in [1.807, 2.05) is 0 Å². The second kappa shape index (κ2) is 5.51. The van der Waals surface area contributed by atoms with Crippen molar-refractivity contribution in [2.45, 2.75) is 20.0 Å². The minimum Gasteiger partial charge on any atom is -0.512 e. The van der Waals surface area contributed by atoms with Crippen molar-refractivity contribution in [2.24, 2.45) is 0 Å². The molecule has 0 rings (SSSR count). The molecule has 0 bridgehead atoms. The molecule has 0 spiro atoms. The van der Waals surface area contributed by atoms with Crippen LogP contribution in [0.2, 0.25) is 0 Å². The lowest BCUT2D eigenvalue weighted by molar-refractivity contribution is -0.138. The molecule has 0 radical (unpaired) electrons. The summed E-state index contributed by atoms with van der Waals surface area (Å²) in [6, 6.07) is 0. The van der Waals surface area contributed by atoms with Gasteiger partial charge in [0.1, 0.15) is 11.3 Å². The quantitative estimate of drug-likeness (QED) is 0.361. The fourth-order valence-corrected chi connectivity index (χ4v) is 1.05. The normalized spacial score (nSPS) is 14.1. The van der Waals surface area contributed by atoms with Crippen LogP contribution in [0.1, 0.15) is 13.8 Å². The Morgan fingerprint density at radius 3 is 1.94 bits per heavy atom. The number of methoxy groups -OCH3 is 1. The van der Waals surface area contributed by atoms with Crippen LogP contribution < -0.4 is 0 Å². The molecule has 0 unspecified atom stereocenters. The number of alkyl halides is 3. The van der Waals surface area contributed by atoms with Crippen molar-refractivity contribution in [3.05, 3.63) is 23.0 Å². The summed E-state index contributed by atoms with van der Waals surface area (Å²) in [5.41, 5.74) is -2.60. The van der Waals surface area contributed by atoms with Crippen LogP contribution in [0.3, 0.4) is 0 Å². The first-order valence-electron chi connectivity index (χ1n) is 4.39. The third-order valence-corrected chi connectivity index (χ3v) is 1.67. The lowest BCUT2D eigenvalue weighted by atomic mass is 10.0. The highest BCUT2D eigenvalue weighted by molar-refractivity contribution is 5.98. The zero-order chi connectivity index (χ0) is 13.8. The Bertz CT molecular complexity index is 387. The number of aliphatic hydroxyl groups is 1. The molecule has 4 nitrogen and oxygen atoms in total. The molecule has 0 aromatic carbocycles. The highest BCUT2D eigenvalue weighted by Crippen LogP contribution is 2.33. The van der Waals surface area contributed by atoms with Crippen molar-refractivity contribution in [3.63, 3.8) is 0 Å². The number of ketones is 1. The first kappa shape index (κ1) is 15.2. The van der Waals surface area contributed by atoms with Crippen LogP contribution in [0.4, 0.5) is 13.2 Å². The molecular formula is C10H11F3O4. The summed E-state index contributed by atoms with van der Waals surface area (Å²) in [6.07, 6.45) is -4.72. The highest BCUT2D eigenvalue weighted by Gasteiger charge is 2.40. The molecule has 0 atom stereocenters. The molecule has 96 valence electrons. The first-order chi connectivity index (χ1) is 7.61. The summed E-state index contributed by atoms with van der Waals surface area (Å²) < 4.78 is 42.0. The van der Waals surface area contributed by atoms with Gasteiger partial charge in [-0.15, -0.1) is 0 Å². The SMILES string of the molecule is COC(=O)C(/C(=C\C(C)=O)C(F)(F)F)=C(\C)O. The fourth-order valence-electron chi connectivity index (χ4n) is 1.05. The van der Waals surface area contributed by atoms with Gasteiger partial charge >= 0.3 is 12.1 Å². The summed E-state index contributed by atoms with van der Waals surface area (Å²) in [5.74, 6) is -3.14. The van der Waals surface area contributed by atoms with Gasteiger partial charge in [-0.2, -0.15) is 13.2 Å². The van der Waals surface area contributed by atoms with Gasteiger partial charge in [0, 0.05) is 0 Å². The van der Waals surface area contributed by atoms with Crippen molar-refractivity contribution in [1.29, 1.82) is 0 Å². The van der Waals surface area contributed by atoms with E-state index in [2.05, 4.69) is 4.74 Å². The van der Waals surface area contributed by atoms with E-state index in [9.17, 15) is 22.8 Å². The van der Waals surface area contributed by atoms with Gasteiger partial charge in [-0.3, -0.25) is 4.79 Å². The third kappa shape index (κ3) is 4.29. The van der Waals surface area contributed by atoms with E-state index in [4.69, 9.17) is 5.11 Å². The van der Waals surface area contributed by atoms with Crippen LogP contribution in [-0.4, -0.2) is 30.1 Å². The predicted molar refractivity (Wildman–Crippen MR) is 52.2 cm³/mol. The Hall–Kier alpha value is -1.79. The van der Waals surface area contributed by atoms with Gasteiger partial charge in [-0.25, -0.2) is 4.79 Å². The van der Waals surface area contributed by atoms with Crippen molar-refractivity contribution >= 4 is 11.8 Å². The Morgan fingerprint density at radius 2 is 1.71 bits per heavy atom. The van der Waals surface area contributed by atoms with Crippen molar-refractivity contribution in [3.8, 4) is 0 Å². The fraction of sp³-hybridized carbons (Fsp3) is 0.400. The molecule has 0 amide bonds. The summed E-state index contributed by atoms with van der Waals surface area (Å²) in [4.78, 5) is 21.8. The zero-order valence-electron chi connectivity index (χ0n) is 9.38. The molecular weight excluding hydrogens is 241 g/mol. The summed E-state index contributed by atoms with van der Waals surface area (Å²) in [5, 5.41) is 9.09. The summed E-state index contributed by atoms with van der Waals surface area (Å²) in [6.45, 7) is 1.79. The minimum atomic E-state index is -4.95. The van der Waals surface area contributed by atoms with E-state index < -0.39 is 34.8 Å². The van der Waals surface area contributed by atoms with Gasteiger partial charge < -0.3 is 9.84 Å². The number of rotatable bonds is 3. The van der Waals surface area contributed by atoms with Gasteiger partial charge in [0.15, 0.2) is 5.78 Å². The van der Waals surface area contributed by atoms with E-state index in [1.54, 1.807) is 0 Å². The van der Waals surface area contributed by atoms with Gasteiger partial charge in [0.2, 0.25) is 0 Å². The molecule has 1 N–H and O–H groups in total. The zero-order valence-corrected chi connectivity index (χ0v) is 9.38. The molecule has 0 aliphatic carbocycles. The maximum atomic E-state index is 12.6. The lowest BCUT2D eigenvalue weighted by Crippen LogP contribution is -2.21. The predicted octanol–water partition coefficient (Wildman–Crippen LogP) is 2.07. The molecule has 0 heterocycles. The van der Waals surface area contributed by atoms with Crippen molar-refractivity contribution in [2.75, 3.05) is 7.11 Å². The van der Waals surface area contributed by atoms with Crippen LogP contribution in [0.5, 0.6) is 0 Å². The molecule has 7 heteroatoms. The van der Waals surface area contributed by atoms with Crippen LogP contribution in [0.25, 0.3) is 0 Å². The Labute approximate surface area is 95.4 Å². The Balaban J connectivity index is 5.85. The Morgan fingerprint density at radius 1 is 1.24 bits per heavy atom. The van der Waals surface area contributed by atoms with E-state index in [1.165, 1.54) is 0 Å². The van der Waals surface area contributed by atoms with Crippen LogP contribution in [0, 0.1) is 0 Å². The number of esters is 1. The van der Waals surface area contributed by atoms with Gasteiger partial charge in [0.25, 0.3) is 0 Å². The van der Waals surface area contributed by atoms with E-state index in [0.29, 0.717) is 0 Å². The maximum absolute atomic E-state index is 12.6. The number of halogens is 3. The van der Waals surface area contributed by atoms with Crippen molar-refractivity contribution in [1.82, 2.24) is 0 Å². The van der Waals surface area contributed by atoms with E-state index >= 15 is 0 Å². The number of aliphatic hydroxyl groups excluding tert-OH is 1. The van der Waals surface area contributed by atoms with Gasteiger partial charge in [-0.1, -0.05) is 0 Å². The third-order valence-electron chi connectivity index (χ3n) is 1.67. The monoisotopic (exact) mass is 252 g/mol. The van der Waals surface area contributed by atoms with Crippen molar-refractivity contribution < 1.29 is 32.6 Å².